The number of piperazine rings is 1. The molecule has 134 valence electrons. The normalized spacial score (nSPS) is 16.4. The van der Waals surface area contributed by atoms with Crippen LogP contribution >= 0.6 is 0 Å². The molecule has 0 amide bonds. The largest absolute Gasteiger partial charge is 0.369 e. The predicted molar refractivity (Wildman–Crippen MR) is 93.6 cm³/mol. The van der Waals surface area contributed by atoms with E-state index in [9.17, 15) is 17.2 Å². The number of sulfone groups is 1. The zero-order valence-electron chi connectivity index (χ0n) is 13.7. The highest BCUT2D eigenvalue weighted by Crippen LogP contribution is 2.23. The Hall–Kier alpha value is -1.99. The molecule has 0 N–H and O–H groups in total. The Bertz CT molecular complexity index is 788. The van der Waals surface area contributed by atoms with Crippen LogP contribution in [-0.2, 0) is 16.4 Å². The molecule has 3 rings (SSSR count). The first-order valence-corrected chi connectivity index (χ1v) is 9.65. The van der Waals surface area contributed by atoms with Crippen molar-refractivity contribution < 1.29 is 17.2 Å². The lowest BCUT2D eigenvalue weighted by molar-refractivity contribution is 0.234. The van der Waals surface area contributed by atoms with Gasteiger partial charge in [-0.15, -0.1) is 0 Å². The number of benzene rings is 2. The van der Waals surface area contributed by atoms with Crippen molar-refractivity contribution >= 4 is 15.5 Å². The second kappa shape index (κ2) is 7.49. The fraction of sp³-hybridized carbons (Fsp3) is 0.333. The Labute approximate surface area is 146 Å². The Morgan fingerprint density at radius 3 is 2.04 bits per heavy atom. The van der Waals surface area contributed by atoms with Gasteiger partial charge in [0.2, 0.25) is 9.84 Å². The summed E-state index contributed by atoms with van der Waals surface area (Å²) in [7, 11) is -4.53. The van der Waals surface area contributed by atoms with E-state index in [0.717, 1.165) is 38.4 Å². The summed E-state index contributed by atoms with van der Waals surface area (Å²) in [6, 6.07) is 16.0. The number of rotatable bonds is 5. The van der Waals surface area contributed by atoms with E-state index in [-0.39, 0.29) is 4.90 Å². The van der Waals surface area contributed by atoms with Gasteiger partial charge in [0.25, 0.3) is 0 Å². The van der Waals surface area contributed by atoms with E-state index in [1.807, 2.05) is 18.2 Å². The second-order valence-corrected chi connectivity index (χ2v) is 7.97. The fourth-order valence-corrected chi connectivity index (χ4v) is 3.68. The first-order valence-electron chi connectivity index (χ1n) is 8.10. The van der Waals surface area contributed by atoms with E-state index in [2.05, 4.69) is 21.9 Å². The molecule has 0 spiro atoms. The highest BCUT2D eigenvalue weighted by atomic mass is 32.2. The quantitative estimate of drug-likeness (QED) is 0.816. The Balaban J connectivity index is 1.60. The lowest BCUT2D eigenvalue weighted by atomic mass is 10.2. The maximum Gasteiger partial charge on any atom is 0.341 e. The Morgan fingerprint density at radius 2 is 1.48 bits per heavy atom. The molecule has 2 aromatic carbocycles. The highest BCUT2D eigenvalue weighted by molar-refractivity contribution is 7.91. The molecule has 0 saturated carbocycles. The summed E-state index contributed by atoms with van der Waals surface area (Å²) in [4.78, 5) is 4.16. The third-order valence-corrected chi connectivity index (χ3v) is 5.78. The van der Waals surface area contributed by atoms with Gasteiger partial charge in [-0.1, -0.05) is 30.3 Å². The lowest BCUT2D eigenvalue weighted by Gasteiger charge is -2.36. The molecule has 0 unspecified atom stereocenters. The Kier molecular flexibility index (Phi) is 5.34. The van der Waals surface area contributed by atoms with Crippen molar-refractivity contribution in [1.29, 1.82) is 0 Å². The van der Waals surface area contributed by atoms with Crippen molar-refractivity contribution in [2.75, 3.05) is 31.1 Å². The van der Waals surface area contributed by atoms with Crippen LogP contribution in [0.15, 0.2) is 59.5 Å². The molecule has 1 fully saturated rings. The van der Waals surface area contributed by atoms with Crippen LogP contribution in [-0.4, -0.2) is 45.3 Å². The van der Waals surface area contributed by atoms with E-state index < -0.39 is 15.6 Å². The lowest BCUT2D eigenvalue weighted by Crippen LogP contribution is -2.45. The van der Waals surface area contributed by atoms with Gasteiger partial charge in [0.15, 0.2) is 0 Å². The minimum Gasteiger partial charge on any atom is -0.369 e. The molecule has 1 aliphatic rings. The van der Waals surface area contributed by atoms with E-state index in [4.69, 9.17) is 0 Å². The van der Waals surface area contributed by atoms with E-state index in [1.165, 1.54) is 17.7 Å². The molecule has 1 saturated heterocycles. The van der Waals surface area contributed by atoms with Gasteiger partial charge in [-0.3, -0.25) is 4.90 Å². The molecular weight excluding hydrogens is 346 g/mol. The van der Waals surface area contributed by atoms with Gasteiger partial charge >= 0.3 is 5.76 Å². The molecule has 0 aliphatic carbocycles. The van der Waals surface area contributed by atoms with Crippen molar-refractivity contribution in [3.63, 3.8) is 0 Å². The third-order valence-electron chi connectivity index (χ3n) is 4.39. The van der Waals surface area contributed by atoms with Crippen LogP contribution in [0.25, 0.3) is 0 Å². The zero-order chi connectivity index (χ0) is 17.9. The molecule has 0 radical (unpaired) electrons. The summed E-state index contributed by atoms with van der Waals surface area (Å²) >= 11 is 0. The van der Waals surface area contributed by atoms with Crippen molar-refractivity contribution in [3.05, 3.63) is 60.2 Å². The molecule has 7 heteroatoms. The summed E-state index contributed by atoms with van der Waals surface area (Å²) in [6.07, 6.45) is 0. The van der Waals surface area contributed by atoms with Crippen LogP contribution in [0.4, 0.5) is 14.5 Å². The van der Waals surface area contributed by atoms with Crippen molar-refractivity contribution in [3.8, 4) is 0 Å². The van der Waals surface area contributed by atoms with Gasteiger partial charge in [-0.2, -0.15) is 8.78 Å². The number of hydrogen-bond donors (Lipinski definition) is 0. The summed E-state index contributed by atoms with van der Waals surface area (Å²) < 4.78 is 48.1. The molecule has 25 heavy (non-hydrogen) atoms. The third kappa shape index (κ3) is 4.16. The van der Waals surface area contributed by atoms with Gasteiger partial charge in [0, 0.05) is 38.4 Å². The van der Waals surface area contributed by atoms with Crippen molar-refractivity contribution in [2.24, 2.45) is 0 Å². The number of halogens is 2. The number of nitrogens with zero attached hydrogens (tertiary/aromatic N) is 2. The first-order chi connectivity index (χ1) is 12.0. The monoisotopic (exact) mass is 366 g/mol. The number of anilines is 1. The van der Waals surface area contributed by atoms with Crippen LogP contribution in [0.3, 0.4) is 0 Å². The fourth-order valence-electron chi connectivity index (χ4n) is 2.96. The minimum atomic E-state index is -4.53. The summed E-state index contributed by atoms with van der Waals surface area (Å²) in [5.74, 6) is -3.39. The van der Waals surface area contributed by atoms with E-state index in [1.54, 1.807) is 12.1 Å². The average molecular weight is 366 g/mol. The molecule has 0 atom stereocenters. The molecule has 4 nitrogen and oxygen atoms in total. The molecular formula is C18H20F2N2O2S. The molecule has 0 bridgehead atoms. The molecule has 0 aromatic heterocycles. The average Bonchev–Trinajstić information content (AvgIpc) is 2.63. The van der Waals surface area contributed by atoms with E-state index in [0.29, 0.717) is 0 Å². The topological polar surface area (TPSA) is 40.6 Å². The van der Waals surface area contributed by atoms with Crippen LogP contribution in [0, 0.1) is 0 Å². The second-order valence-electron chi connectivity index (χ2n) is 6.05. The van der Waals surface area contributed by atoms with E-state index >= 15 is 0 Å². The van der Waals surface area contributed by atoms with Gasteiger partial charge < -0.3 is 4.90 Å². The Morgan fingerprint density at radius 1 is 0.880 bits per heavy atom. The van der Waals surface area contributed by atoms with Gasteiger partial charge in [-0.05, 0) is 29.8 Å². The molecule has 1 aliphatic heterocycles. The summed E-state index contributed by atoms with van der Waals surface area (Å²) in [5.41, 5.74) is 2.13. The maximum atomic E-state index is 12.6. The molecule has 2 aromatic rings. The van der Waals surface area contributed by atoms with Crippen LogP contribution in [0.1, 0.15) is 5.56 Å². The summed E-state index contributed by atoms with van der Waals surface area (Å²) in [5, 5.41) is 0. The molecule has 1 heterocycles. The van der Waals surface area contributed by atoms with Crippen molar-refractivity contribution in [1.82, 2.24) is 4.90 Å². The number of alkyl halides is 2. The minimum absolute atomic E-state index is 0.339. The smallest absolute Gasteiger partial charge is 0.341 e. The first kappa shape index (κ1) is 17.8. The summed E-state index contributed by atoms with van der Waals surface area (Å²) in [6.45, 7) is 4.32. The number of hydrogen-bond acceptors (Lipinski definition) is 4. The van der Waals surface area contributed by atoms with Gasteiger partial charge in [0.1, 0.15) is 0 Å². The predicted octanol–water partition coefficient (Wildman–Crippen LogP) is 3.01. The van der Waals surface area contributed by atoms with Gasteiger partial charge in [0.05, 0.1) is 4.90 Å². The van der Waals surface area contributed by atoms with Crippen molar-refractivity contribution in [2.45, 2.75) is 17.2 Å². The van der Waals surface area contributed by atoms with Gasteiger partial charge in [-0.25, -0.2) is 8.42 Å². The standard InChI is InChI=1S/C18H20F2N2O2S/c19-18(20)25(23,24)17-8-6-16(7-9-17)22-12-10-21(11-13-22)14-15-4-2-1-3-5-15/h1-9,18H,10-14H2. The maximum absolute atomic E-state index is 12.6. The highest BCUT2D eigenvalue weighted by Gasteiger charge is 2.26. The van der Waals surface area contributed by atoms with Crippen LogP contribution < -0.4 is 4.90 Å². The van der Waals surface area contributed by atoms with Crippen LogP contribution in [0.5, 0.6) is 0 Å². The van der Waals surface area contributed by atoms with Crippen LogP contribution in [0.2, 0.25) is 0 Å². The zero-order valence-corrected chi connectivity index (χ0v) is 14.5. The SMILES string of the molecule is O=S(=O)(c1ccc(N2CCN(Cc3ccccc3)CC2)cc1)C(F)F.